The molecule has 2 aromatic rings. The summed E-state index contributed by atoms with van der Waals surface area (Å²) >= 11 is 0. The number of nitriles is 1. The van der Waals surface area contributed by atoms with Gasteiger partial charge < -0.3 is 0 Å². The first kappa shape index (κ1) is 15.8. The average Bonchev–Trinajstić information content (AvgIpc) is 3.00. The van der Waals surface area contributed by atoms with Crippen molar-refractivity contribution in [3.05, 3.63) is 71.8 Å². The first-order valence-corrected chi connectivity index (χ1v) is 8.60. The molecule has 1 aliphatic heterocycles. The molecule has 2 nitrogen and oxygen atoms in total. The Kier molecular flexibility index (Phi) is 5.10. The molecule has 3 rings (SSSR count). The van der Waals surface area contributed by atoms with Crippen LogP contribution >= 0.6 is 0 Å². The Morgan fingerprint density at radius 3 is 2.17 bits per heavy atom. The third-order valence-corrected chi connectivity index (χ3v) is 4.88. The van der Waals surface area contributed by atoms with Crippen LogP contribution in [0.1, 0.15) is 49.4 Å². The minimum Gasteiger partial charge on any atom is -0.288 e. The zero-order chi connectivity index (χ0) is 16.1. The van der Waals surface area contributed by atoms with E-state index in [-0.39, 0.29) is 12.0 Å². The highest BCUT2D eigenvalue weighted by Gasteiger charge is 2.42. The number of likely N-dealkylation sites (tertiary alicyclic amines) is 1. The van der Waals surface area contributed by atoms with E-state index in [1.165, 1.54) is 24.0 Å². The summed E-state index contributed by atoms with van der Waals surface area (Å²) < 4.78 is 0. The van der Waals surface area contributed by atoms with E-state index in [4.69, 9.17) is 0 Å². The van der Waals surface area contributed by atoms with Crippen molar-refractivity contribution in [3.63, 3.8) is 0 Å². The second-order valence-corrected chi connectivity index (χ2v) is 6.34. The standard InChI is InChI=1S/C21H24N2/c1-2-3-14-23-20(17-10-6-4-7-11-17)15-19(16-22)21(23)18-12-8-5-9-13-18/h4-13,19-21H,2-3,14-15H2,1H3/t19-,20-,21+/m1/s1. The van der Waals surface area contributed by atoms with E-state index >= 15 is 0 Å². The van der Waals surface area contributed by atoms with Gasteiger partial charge in [0.05, 0.1) is 18.0 Å². The largest absolute Gasteiger partial charge is 0.288 e. The summed E-state index contributed by atoms with van der Waals surface area (Å²) in [6.45, 7) is 3.28. The fourth-order valence-electron chi connectivity index (χ4n) is 3.77. The van der Waals surface area contributed by atoms with Crippen molar-refractivity contribution < 1.29 is 0 Å². The van der Waals surface area contributed by atoms with Crippen LogP contribution in [0.5, 0.6) is 0 Å². The van der Waals surface area contributed by atoms with Gasteiger partial charge in [0.1, 0.15) is 0 Å². The lowest BCUT2D eigenvalue weighted by molar-refractivity contribution is 0.185. The fraction of sp³-hybridized carbons (Fsp3) is 0.381. The lowest BCUT2D eigenvalue weighted by Crippen LogP contribution is -2.28. The van der Waals surface area contributed by atoms with E-state index in [2.05, 4.69) is 72.5 Å². The molecule has 1 heterocycles. The molecule has 3 atom stereocenters. The van der Waals surface area contributed by atoms with Gasteiger partial charge in [-0.3, -0.25) is 4.90 Å². The van der Waals surface area contributed by atoms with Gasteiger partial charge in [-0.2, -0.15) is 5.26 Å². The maximum absolute atomic E-state index is 9.73. The van der Waals surface area contributed by atoms with Crippen LogP contribution in [0, 0.1) is 17.2 Å². The van der Waals surface area contributed by atoms with Crippen LogP contribution in [0.15, 0.2) is 60.7 Å². The smallest absolute Gasteiger partial charge is 0.0678 e. The number of hydrogen-bond acceptors (Lipinski definition) is 2. The first-order valence-electron chi connectivity index (χ1n) is 8.60. The molecule has 0 radical (unpaired) electrons. The third kappa shape index (κ3) is 3.30. The molecule has 2 heteroatoms. The lowest BCUT2D eigenvalue weighted by Gasteiger charge is -2.31. The highest BCUT2D eigenvalue weighted by atomic mass is 15.2. The molecule has 0 spiro atoms. The molecule has 0 amide bonds. The molecule has 0 saturated carbocycles. The zero-order valence-corrected chi connectivity index (χ0v) is 13.7. The molecule has 0 unspecified atom stereocenters. The predicted molar refractivity (Wildman–Crippen MR) is 93.7 cm³/mol. The van der Waals surface area contributed by atoms with Crippen LogP contribution in [0.25, 0.3) is 0 Å². The maximum Gasteiger partial charge on any atom is 0.0678 e. The molecule has 1 saturated heterocycles. The molecule has 23 heavy (non-hydrogen) atoms. The summed E-state index contributed by atoms with van der Waals surface area (Å²) in [6.07, 6.45) is 3.27. The second kappa shape index (κ2) is 7.44. The van der Waals surface area contributed by atoms with Crippen molar-refractivity contribution in [2.75, 3.05) is 6.54 Å². The molecule has 0 N–H and O–H groups in total. The summed E-state index contributed by atoms with van der Waals surface area (Å²) in [7, 11) is 0. The quantitative estimate of drug-likeness (QED) is 0.767. The number of unbranched alkanes of at least 4 members (excludes halogenated alkanes) is 1. The monoisotopic (exact) mass is 304 g/mol. The van der Waals surface area contributed by atoms with Gasteiger partial charge in [0.15, 0.2) is 0 Å². The third-order valence-electron chi connectivity index (χ3n) is 4.88. The highest BCUT2D eigenvalue weighted by Crippen LogP contribution is 2.47. The van der Waals surface area contributed by atoms with Crippen LogP contribution in [0.2, 0.25) is 0 Å². The van der Waals surface area contributed by atoms with E-state index in [1.807, 2.05) is 6.07 Å². The molecule has 118 valence electrons. The molecule has 0 aromatic heterocycles. The SMILES string of the molecule is CCCCN1[C@@H](c2ccccc2)C[C@H](C#N)[C@@H]1c1ccccc1. The normalized spacial score (nSPS) is 24.4. The lowest BCUT2D eigenvalue weighted by atomic mass is 9.93. The van der Waals surface area contributed by atoms with Crippen LogP contribution in [-0.2, 0) is 0 Å². The number of rotatable bonds is 5. The van der Waals surface area contributed by atoms with Gasteiger partial charge in [-0.1, -0.05) is 74.0 Å². The Morgan fingerprint density at radius 1 is 1.00 bits per heavy atom. The van der Waals surface area contributed by atoms with Crippen LogP contribution in [0.4, 0.5) is 0 Å². The van der Waals surface area contributed by atoms with Gasteiger partial charge >= 0.3 is 0 Å². The Bertz CT molecular complexity index is 645. The van der Waals surface area contributed by atoms with E-state index < -0.39 is 0 Å². The minimum atomic E-state index is 0.0551. The number of benzene rings is 2. The fourth-order valence-corrected chi connectivity index (χ4v) is 3.77. The first-order chi connectivity index (χ1) is 11.3. The summed E-state index contributed by atoms with van der Waals surface area (Å²) in [4.78, 5) is 2.56. The Morgan fingerprint density at radius 2 is 1.61 bits per heavy atom. The number of nitrogens with zero attached hydrogens (tertiary/aromatic N) is 2. The Labute approximate surface area is 139 Å². The molecular formula is C21H24N2. The summed E-state index contributed by atoms with van der Waals surface area (Å²) in [5, 5.41) is 9.73. The van der Waals surface area contributed by atoms with E-state index in [1.54, 1.807) is 0 Å². The van der Waals surface area contributed by atoms with Crippen molar-refractivity contribution in [2.45, 2.75) is 38.3 Å². The minimum absolute atomic E-state index is 0.0551. The Balaban J connectivity index is 1.97. The Hall–Kier alpha value is -2.11. The van der Waals surface area contributed by atoms with Crippen molar-refractivity contribution in [1.29, 1.82) is 5.26 Å². The predicted octanol–water partition coefficient (Wildman–Crippen LogP) is 5.11. The van der Waals surface area contributed by atoms with Crippen LogP contribution < -0.4 is 0 Å². The molecular weight excluding hydrogens is 280 g/mol. The van der Waals surface area contributed by atoms with Crippen molar-refractivity contribution >= 4 is 0 Å². The maximum atomic E-state index is 9.73. The molecule has 0 bridgehead atoms. The van der Waals surface area contributed by atoms with E-state index in [0.29, 0.717) is 6.04 Å². The summed E-state index contributed by atoms with van der Waals surface area (Å²) in [5.41, 5.74) is 2.61. The molecule has 1 aliphatic rings. The summed E-state index contributed by atoms with van der Waals surface area (Å²) in [5.74, 6) is 0.0551. The van der Waals surface area contributed by atoms with Crippen molar-refractivity contribution in [1.82, 2.24) is 4.90 Å². The zero-order valence-electron chi connectivity index (χ0n) is 13.7. The van der Waals surface area contributed by atoms with E-state index in [0.717, 1.165) is 13.0 Å². The van der Waals surface area contributed by atoms with Gasteiger partial charge in [0.25, 0.3) is 0 Å². The molecule has 1 fully saturated rings. The van der Waals surface area contributed by atoms with E-state index in [9.17, 15) is 5.26 Å². The second-order valence-electron chi connectivity index (χ2n) is 6.34. The summed E-state index contributed by atoms with van der Waals surface area (Å²) in [6, 6.07) is 24.3. The molecule has 0 aliphatic carbocycles. The van der Waals surface area contributed by atoms with Gasteiger partial charge in [-0.15, -0.1) is 0 Å². The molecule has 2 aromatic carbocycles. The van der Waals surface area contributed by atoms with Gasteiger partial charge in [-0.05, 0) is 30.5 Å². The van der Waals surface area contributed by atoms with Crippen LogP contribution in [0.3, 0.4) is 0 Å². The van der Waals surface area contributed by atoms with Gasteiger partial charge in [0, 0.05) is 6.04 Å². The van der Waals surface area contributed by atoms with Crippen molar-refractivity contribution in [3.8, 4) is 6.07 Å². The number of hydrogen-bond donors (Lipinski definition) is 0. The average molecular weight is 304 g/mol. The van der Waals surface area contributed by atoms with Gasteiger partial charge in [0.2, 0.25) is 0 Å². The highest BCUT2D eigenvalue weighted by molar-refractivity contribution is 5.28. The van der Waals surface area contributed by atoms with Gasteiger partial charge in [-0.25, -0.2) is 0 Å². The topological polar surface area (TPSA) is 27.0 Å². The van der Waals surface area contributed by atoms with Crippen LogP contribution in [-0.4, -0.2) is 11.4 Å². The van der Waals surface area contributed by atoms with Crippen molar-refractivity contribution in [2.24, 2.45) is 5.92 Å².